The topological polar surface area (TPSA) is 40.6 Å². The van der Waals surface area contributed by atoms with Crippen molar-refractivity contribution in [3.63, 3.8) is 0 Å². The minimum atomic E-state index is 0.185. The van der Waals surface area contributed by atoms with Gasteiger partial charge >= 0.3 is 0 Å². The second-order valence-electron chi connectivity index (χ2n) is 6.21. The highest BCUT2D eigenvalue weighted by Gasteiger charge is 2.25. The third-order valence-corrected chi connectivity index (χ3v) is 4.07. The Hall–Kier alpha value is -0.900. The highest BCUT2D eigenvalue weighted by molar-refractivity contribution is 5.84. The molecule has 0 atom stereocenters. The molecule has 1 saturated heterocycles. The molecule has 0 spiro atoms. The van der Waals surface area contributed by atoms with E-state index >= 15 is 0 Å². The average molecular weight is 282 g/mol. The quantitative estimate of drug-likeness (QED) is 0.719. The van der Waals surface area contributed by atoms with Gasteiger partial charge in [0.2, 0.25) is 5.91 Å². The molecule has 20 heavy (non-hydrogen) atoms. The Bertz CT molecular complexity index is 314. The van der Waals surface area contributed by atoms with Crippen molar-refractivity contribution in [2.75, 3.05) is 26.2 Å². The fraction of sp³-hybridized carbons (Fsp3) is 0.875. The van der Waals surface area contributed by atoms with Gasteiger partial charge in [-0.25, -0.2) is 0 Å². The number of ketones is 1. The SMILES string of the molecule is CCC(CC)N(CC(=O)N1CCC(=O)CC1)CC(C)C. The van der Waals surface area contributed by atoms with E-state index in [-0.39, 0.29) is 11.7 Å². The highest BCUT2D eigenvalue weighted by atomic mass is 16.2. The summed E-state index contributed by atoms with van der Waals surface area (Å²) in [5.41, 5.74) is 0. The first-order chi connectivity index (χ1) is 9.47. The standard InChI is InChI=1S/C16H30N2O2/c1-5-14(6-2)18(11-13(3)4)12-16(20)17-9-7-15(19)8-10-17/h13-14H,5-12H2,1-4H3. The summed E-state index contributed by atoms with van der Waals surface area (Å²) in [7, 11) is 0. The summed E-state index contributed by atoms with van der Waals surface area (Å²) >= 11 is 0. The van der Waals surface area contributed by atoms with E-state index in [4.69, 9.17) is 0 Å². The van der Waals surface area contributed by atoms with Gasteiger partial charge in [-0.3, -0.25) is 14.5 Å². The van der Waals surface area contributed by atoms with Crippen LogP contribution in [0.2, 0.25) is 0 Å². The van der Waals surface area contributed by atoms with Gasteiger partial charge in [-0.1, -0.05) is 27.7 Å². The first-order valence-corrected chi connectivity index (χ1v) is 8.01. The van der Waals surface area contributed by atoms with Gasteiger partial charge in [0, 0.05) is 38.5 Å². The Labute approximate surface area is 123 Å². The molecule has 1 fully saturated rings. The van der Waals surface area contributed by atoms with E-state index in [0.29, 0.717) is 44.4 Å². The summed E-state index contributed by atoms with van der Waals surface area (Å²) < 4.78 is 0. The molecule has 1 aliphatic rings. The van der Waals surface area contributed by atoms with Crippen LogP contribution in [0, 0.1) is 5.92 Å². The molecule has 1 amide bonds. The van der Waals surface area contributed by atoms with Crippen LogP contribution in [-0.4, -0.2) is 53.7 Å². The Balaban J connectivity index is 2.58. The molecular formula is C16H30N2O2. The van der Waals surface area contributed by atoms with Crippen LogP contribution < -0.4 is 0 Å². The molecule has 0 unspecified atom stereocenters. The lowest BCUT2D eigenvalue weighted by Crippen LogP contribution is -2.47. The number of nitrogens with zero attached hydrogens (tertiary/aromatic N) is 2. The lowest BCUT2D eigenvalue weighted by Gasteiger charge is -2.34. The first kappa shape index (κ1) is 17.2. The van der Waals surface area contributed by atoms with Gasteiger partial charge in [-0.2, -0.15) is 0 Å². The number of hydrogen-bond acceptors (Lipinski definition) is 3. The van der Waals surface area contributed by atoms with Gasteiger partial charge in [0.05, 0.1) is 6.54 Å². The number of likely N-dealkylation sites (tertiary alicyclic amines) is 1. The van der Waals surface area contributed by atoms with Crippen LogP contribution in [0.5, 0.6) is 0 Å². The van der Waals surface area contributed by atoms with Crippen molar-refractivity contribution in [2.24, 2.45) is 5.92 Å². The maximum atomic E-state index is 12.4. The van der Waals surface area contributed by atoms with Crippen LogP contribution in [0.25, 0.3) is 0 Å². The van der Waals surface area contributed by atoms with E-state index in [1.165, 1.54) is 0 Å². The Morgan fingerprint density at radius 2 is 1.75 bits per heavy atom. The minimum Gasteiger partial charge on any atom is -0.341 e. The largest absolute Gasteiger partial charge is 0.341 e. The van der Waals surface area contributed by atoms with Crippen LogP contribution in [0.3, 0.4) is 0 Å². The van der Waals surface area contributed by atoms with Crippen molar-refractivity contribution < 1.29 is 9.59 Å². The number of Topliss-reactive ketones (excluding diaryl/α,β-unsaturated/α-hetero) is 1. The molecule has 4 heteroatoms. The maximum Gasteiger partial charge on any atom is 0.236 e. The van der Waals surface area contributed by atoms with E-state index in [1.54, 1.807) is 0 Å². The number of carbonyl (C=O) groups is 2. The predicted molar refractivity (Wildman–Crippen MR) is 81.6 cm³/mol. The van der Waals surface area contributed by atoms with Crippen molar-refractivity contribution in [2.45, 2.75) is 59.4 Å². The number of hydrogen-bond donors (Lipinski definition) is 0. The van der Waals surface area contributed by atoms with Crippen LogP contribution in [0.4, 0.5) is 0 Å². The Kier molecular flexibility index (Phi) is 7.20. The second kappa shape index (κ2) is 8.40. The van der Waals surface area contributed by atoms with Crippen molar-refractivity contribution >= 4 is 11.7 Å². The van der Waals surface area contributed by atoms with Crippen molar-refractivity contribution in [3.05, 3.63) is 0 Å². The van der Waals surface area contributed by atoms with Gasteiger partial charge < -0.3 is 4.90 Å². The molecule has 1 heterocycles. The Morgan fingerprint density at radius 1 is 1.20 bits per heavy atom. The number of piperidine rings is 1. The molecule has 0 aromatic rings. The smallest absolute Gasteiger partial charge is 0.236 e. The monoisotopic (exact) mass is 282 g/mol. The summed E-state index contributed by atoms with van der Waals surface area (Å²) in [6, 6.07) is 0.479. The number of carbonyl (C=O) groups excluding carboxylic acids is 2. The lowest BCUT2D eigenvalue weighted by atomic mass is 10.1. The highest BCUT2D eigenvalue weighted by Crippen LogP contribution is 2.13. The molecular weight excluding hydrogens is 252 g/mol. The summed E-state index contributed by atoms with van der Waals surface area (Å²) in [6.45, 7) is 11.4. The summed E-state index contributed by atoms with van der Waals surface area (Å²) in [5.74, 6) is 1.03. The Morgan fingerprint density at radius 3 is 2.20 bits per heavy atom. The molecule has 0 radical (unpaired) electrons. The van der Waals surface area contributed by atoms with E-state index in [1.807, 2.05) is 4.90 Å². The van der Waals surface area contributed by atoms with E-state index in [0.717, 1.165) is 19.4 Å². The zero-order chi connectivity index (χ0) is 15.1. The van der Waals surface area contributed by atoms with Crippen molar-refractivity contribution in [1.82, 2.24) is 9.80 Å². The fourth-order valence-electron chi connectivity index (χ4n) is 2.90. The van der Waals surface area contributed by atoms with Gasteiger partial charge in [-0.15, -0.1) is 0 Å². The van der Waals surface area contributed by atoms with Crippen LogP contribution >= 0.6 is 0 Å². The van der Waals surface area contributed by atoms with Gasteiger partial charge in [0.1, 0.15) is 5.78 Å². The third kappa shape index (κ3) is 5.23. The van der Waals surface area contributed by atoms with E-state index < -0.39 is 0 Å². The number of rotatable bonds is 7. The lowest BCUT2D eigenvalue weighted by molar-refractivity contribution is -0.136. The average Bonchev–Trinajstić information content (AvgIpc) is 2.40. The van der Waals surface area contributed by atoms with Gasteiger partial charge in [0.25, 0.3) is 0 Å². The van der Waals surface area contributed by atoms with Crippen LogP contribution in [-0.2, 0) is 9.59 Å². The maximum absolute atomic E-state index is 12.4. The molecule has 1 aliphatic heterocycles. The van der Waals surface area contributed by atoms with Crippen molar-refractivity contribution in [3.8, 4) is 0 Å². The molecule has 0 bridgehead atoms. The second-order valence-corrected chi connectivity index (χ2v) is 6.21. The van der Waals surface area contributed by atoms with E-state index in [2.05, 4.69) is 32.6 Å². The predicted octanol–water partition coefficient (Wildman–Crippen LogP) is 2.32. The summed E-state index contributed by atoms with van der Waals surface area (Å²) in [6.07, 6.45) is 3.21. The zero-order valence-corrected chi connectivity index (χ0v) is 13.5. The van der Waals surface area contributed by atoms with Crippen LogP contribution in [0.15, 0.2) is 0 Å². The molecule has 116 valence electrons. The number of amides is 1. The molecule has 4 nitrogen and oxygen atoms in total. The normalized spacial score (nSPS) is 16.6. The molecule has 0 saturated carbocycles. The van der Waals surface area contributed by atoms with Gasteiger partial charge in [-0.05, 0) is 18.8 Å². The van der Waals surface area contributed by atoms with E-state index in [9.17, 15) is 9.59 Å². The summed E-state index contributed by atoms with van der Waals surface area (Å²) in [5, 5.41) is 0. The molecule has 0 aromatic carbocycles. The molecule has 0 aromatic heterocycles. The van der Waals surface area contributed by atoms with Crippen molar-refractivity contribution in [1.29, 1.82) is 0 Å². The molecule has 0 N–H and O–H groups in total. The minimum absolute atomic E-state index is 0.185. The first-order valence-electron chi connectivity index (χ1n) is 8.01. The molecule has 0 aliphatic carbocycles. The van der Waals surface area contributed by atoms with Gasteiger partial charge in [0.15, 0.2) is 0 Å². The molecule has 1 rings (SSSR count). The fourth-order valence-corrected chi connectivity index (χ4v) is 2.90. The summed E-state index contributed by atoms with van der Waals surface area (Å²) in [4.78, 5) is 27.8. The van der Waals surface area contributed by atoms with Crippen LogP contribution in [0.1, 0.15) is 53.4 Å². The third-order valence-electron chi connectivity index (χ3n) is 4.07. The zero-order valence-electron chi connectivity index (χ0n) is 13.5.